The van der Waals surface area contributed by atoms with Gasteiger partial charge in [-0.2, -0.15) is 0 Å². The van der Waals surface area contributed by atoms with Crippen LogP contribution in [0.2, 0.25) is 0 Å². The van der Waals surface area contributed by atoms with Gasteiger partial charge in [0.05, 0.1) is 12.2 Å². The lowest BCUT2D eigenvalue weighted by Gasteiger charge is -2.34. The third-order valence-electron chi connectivity index (χ3n) is 2.89. The van der Waals surface area contributed by atoms with E-state index in [0.717, 1.165) is 30.1 Å². The first-order valence-corrected chi connectivity index (χ1v) is 5.68. The van der Waals surface area contributed by atoms with E-state index in [4.69, 9.17) is 4.74 Å². The zero-order valence-corrected chi connectivity index (χ0v) is 9.99. The van der Waals surface area contributed by atoms with Crippen LogP contribution < -0.4 is 9.64 Å². The molecule has 0 aliphatic carbocycles. The summed E-state index contributed by atoms with van der Waals surface area (Å²) in [5.41, 5.74) is 1.78. The lowest BCUT2D eigenvalue weighted by atomic mass is 10.1. The highest BCUT2D eigenvalue weighted by Gasteiger charge is 2.22. The Morgan fingerprint density at radius 3 is 2.94 bits per heavy atom. The Kier molecular flexibility index (Phi) is 2.86. The lowest BCUT2D eigenvalue weighted by molar-refractivity contribution is 0.101. The minimum Gasteiger partial charge on any atom is -0.487 e. The number of ketones is 1. The Hall–Kier alpha value is -1.51. The fraction of sp³-hybridized carbons (Fsp3) is 0.462. The summed E-state index contributed by atoms with van der Waals surface area (Å²) in [7, 11) is 0. The molecule has 1 aromatic rings. The molecule has 2 rings (SSSR count). The van der Waals surface area contributed by atoms with Crippen LogP contribution in [0.5, 0.6) is 5.75 Å². The van der Waals surface area contributed by atoms with E-state index in [2.05, 4.69) is 18.7 Å². The maximum Gasteiger partial charge on any atom is 0.159 e. The normalized spacial score (nSPS) is 18.9. The standard InChI is InChI=1S/C13H17NO2/c1-4-14-8-9(2)16-13-6-5-11(10(3)15)7-12(13)14/h5-7,9H,4,8H2,1-3H3. The van der Waals surface area contributed by atoms with Crippen LogP contribution in [0.4, 0.5) is 5.69 Å². The minimum atomic E-state index is 0.0949. The second kappa shape index (κ2) is 4.16. The highest BCUT2D eigenvalue weighted by atomic mass is 16.5. The number of benzene rings is 1. The van der Waals surface area contributed by atoms with Gasteiger partial charge in [0.25, 0.3) is 0 Å². The van der Waals surface area contributed by atoms with Gasteiger partial charge in [-0.25, -0.2) is 0 Å². The number of hydrogen-bond acceptors (Lipinski definition) is 3. The predicted molar refractivity (Wildman–Crippen MR) is 64.4 cm³/mol. The van der Waals surface area contributed by atoms with Gasteiger partial charge in [-0.15, -0.1) is 0 Å². The lowest BCUT2D eigenvalue weighted by Crippen LogP contribution is -2.38. The Balaban J connectivity index is 2.43. The average molecular weight is 219 g/mol. The molecule has 0 saturated heterocycles. The second-order valence-corrected chi connectivity index (χ2v) is 4.21. The van der Waals surface area contributed by atoms with Crippen molar-refractivity contribution in [1.82, 2.24) is 0 Å². The van der Waals surface area contributed by atoms with Crippen molar-refractivity contribution in [2.45, 2.75) is 26.9 Å². The molecular weight excluding hydrogens is 202 g/mol. The van der Waals surface area contributed by atoms with Crippen molar-refractivity contribution in [2.75, 3.05) is 18.0 Å². The fourth-order valence-corrected chi connectivity index (χ4v) is 2.05. The summed E-state index contributed by atoms with van der Waals surface area (Å²) in [6, 6.07) is 5.64. The molecule has 0 bridgehead atoms. The number of ether oxygens (including phenoxy) is 1. The molecule has 16 heavy (non-hydrogen) atoms. The number of rotatable bonds is 2. The van der Waals surface area contributed by atoms with Crippen LogP contribution >= 0.6 is 0 Å². The maximum atomic E-state index is 11.3. The van der Waals surface area contributed by atoms with Crippen LogP contribution in [0.25, 0.3) is 0 Å². The maximum absolute atomic E-state index is 11.3. The first-order chi connectivity index (χ1) is 7.61. The van der Waals surface area contributed by atoms with Crippen LogP contribution in [-0.2, 0) is 0 Å². The summed E-state index contributed by atoms with van der Waals surface area (Å²) in [6.45, 7) is 7.57. The highest BCUT2D eigenvalue weighted by molar-refractivity contribution is 5.95. The summed E-state index contributed by atoms with van der Waals surface area (Å²) >= 11 is 0. The number of nitrogens with zero attached hydrogens (tertiary/aromatic N) is 1. The van der Waals surface area contributed by atoms with Crippen molar-refractivity contribution in [3.05, 3.63) is 23.8 Å². The molecular formula is C13H17NO2. The first-order valence-electron chi connectivity index (χ1n) is 5.68. The second-order valence-electron chi connectivity index (χ2n) is 4.21. The summed E-state index contributed by atoms with van der Waals surface area (Å²) in [6.07, 6.45) is 0.204. The van der Waals surface area contributed by atoms with E-state index < -0.39 is 0 Å². The minimum absolute atomic E-state index is 0.0949. The van der Waals surface area contributed by atoms with Gasteiger partial charge < -0.3 is 9.64 Å². The van der Waals surface area contributed by atoms with E-state index in [9.17, 15) is 4.79 Å². The Labute approximate surface area is 96.0 Å². The third-order valence-corrected chi connectivity index (χ3v) is 2.89. The van der Waals surface area contributed by atoms with Crippen LogP contribution in [0.1, 0.15) is 31.1 Å². The van der Waals surface area contributed by atoms with E-state index in [1.165, 1.54) is 0 Å². The van der Waals surface area contributed by atoms with Gasteiger partial charge >= 0.3 is 0 Å². The molecule has 3 nitrogen and oxygen atoms in total. The number of fused-ring (bicyclic) bond motifs is 1. The average Bonchev–Trinajstić information content (AvgIpc) is 2.27. The van der Waals surface area contributed by atoms with Crippen LogP contribution in [0.3, 0.4) is 0 Å². The Morgan fingerprint density at radius 2 is 2.31 bits per heavy atom. The zero-order chi connectivity index (χ0) is 11.7. The first kappa shape index (κ1) is 11.0. The highest BCUT2D eigenvalue weighted by Crippen LogP contribution is 2.34. The van der Waals surface area contributed by atoms with Crippen molar-refractivity contribution in [2.24, 2.45) is 0 Å². The third kappa shape index (κ3) is 1.90. The van der Waals surface area contributed by atoms with Gasteiger partial charge in [-0.3, -0.25) is 4.79 Å². The SMILES string of the molecule is CCN1CC(C)Oc2ccc(C(C)=O)cc21. The Morgan fingerprint density at radius 1 is 1.56 bits per heavy atom. The molecule has 0 saturated carbocycles. The molecule has 1 aliphatic rings. The van der Waals surface area contributed by atoms with E-state index in [1.54, 1.807) is 6.92 Å². The summed E-state index contributed by atoms with van der Waals surface area (Å²) < 4.78 is 5.75. The molecule has 0 amide bonds. The van der Waals surface area contributed by atoms with Gasteiger partial charge in [0.2, 0.25) is 0 Å². The zero-order valence-electron chi connectivity index (χ0n) is 9.99. The molecule has 0 fully saturated rings. The Bertz CT molecular complexity index is 414. The van der Waals surface area contributed by atoms with Crippen LogP contribution in [0, 0.1) is 0 Å². The fourth-order valence-electron chi connectivity index (χ4n) is 2.05. The molecule has 0 radical (unpaired) electrons. The largest absolute Gasteiger partial charge is 0.487 e. The van der Waals surface area contributed by atoms with Gasteiger partial charge in [-0.1, -0.05) is 0 Å². The van der Waals surface area contributed by atoms with Crippen molar-refractivity contribution in [3.8, 4) is 5.75 Å². The van der Waals surface area contributed by atoms with Crippen LogP contribution in [-0.4, -0.2) is 25.0 Å². The number of carbonyl (C=O) groups is 1. The van der Waals surface area contributed by atoms with E-state index in [1.807, 2.05) is 18.2 Å². The van der Waals surface area contributed by atoms with Crippen molar-refractivity contribution in [1.29, 1.82) is 0 Å². The van der Waals surface area contributed by atoms with Gasteiger partial charge in [-0.05, 0) is 39.0 Å². The molecule has 0 aromatic heterocycles. The van der Waals surface area contributed by atoms with Crippen molar-refractivity contribution >= 4 is 11.5 Å². The number of anilines is 1. The molecule has 1 aromatic carbocycles. The van der Waals surface area contributed by atoms with E-state index in [0.29, 0.717) is 0 Å². The number of hydrogen-bond donors (Lipinski definition) is 0. The summed E-state index contributed by atoms with van der Waals surface area (Å²) in [5, 5.41) is 0. The molecule has 86 valence electrons. The number of carbonyl (C=O) groups excluding carboxylic acids is 1. The number of Topliss-reactive ketones (excluding diaryl/α,β-unsaturated/α-hetero) is 1. The quantitative estimate of drug-likeness (QED) is 0.716. The summed E-state index contributed by atoms with van der Waals surface area (Å²) in [5.74, 6) is 0.975. The van der Waals surface area contributed by atoms with Gasteiger partial charge in [0.1, 0.15) is 11.9 Å². The topological polar surface area (TPSA) is 29.5 Å². The molecule has 1 heterocycles. The summed E-state index contributed by atoms with van der Waals surface area (Å²) in [4.78, 5) is 13.6. The predicted octanol–water partition coefficient (Wildman–Crippen LogP) is 2.50. The van der Waals surface area contributed by atoms with E-state index in [-0.39, 0.29) is 11.9 Å². The molecule has 1 atom stereocenters. The van der Waals surface area contributed by atoms with E-state index >= 15 is 0 Å². The molecule has 0 spiro atoms. The monoisotopic (exact) mass is 219 g/mol. The number of likely N-dealkylation sites (N-methyl/N-ethyl adjacent to an activating group) is 1. The van der Waals surface area contributed by atoms with Gasteiger partial charge in [0.15, 0.2) is 5.78 Å². The van der Waals surface area contributed by atoms with Gasteiger partial charge in [0, 0.05) is 12.1 Å². The smallest absolute Gasteiger partial charge is 0.159 e. The molecule has 3 heteroatoms. The molecule has 1 aliphatic heterocycles. The van der Waals surface area contributed by atoms with Crippen LogP contribution in [0.15, 0.2) is 18.2 Å². The molecule has 1 unspecified atom stereocenters. The molecule has 0 N–H and O–H groups in total. The van der Waals surface area contributed by atoms with Crippen molar-refractivity contribution in [3.63, 3.8) is 0 Å². The van der Waals surface area contributed by atoms with Crippen molar-refractivity contribution < 1.29 is 9.53 Å².